The van der Waals surface area contributed by atoms with Gasteiger partial charge in [0.15, 0.2) is 0 Å². The quantitative estimate of drug-likeness (QED) is 0.745. The molecule has 1 heterocycles. The molecule has 0 aromatic rings. The molecular formula is C14H29N3O. The topological polar surface area (TPSA) is 35.6 Å². The van der Waals surface area contributed by atoms with Crippen LogP contribution in [0, 0.1) is 0 Å². The molecule has 0 radical (unpaired) electrons. The van der Waals surface area contributed by atoms with Gasteiger partial charge in [0.05, 0.1) is 0 Å². The van der Waals surface area contributed by atoms with E-state index in [4.69, 9.17) is 0 Å². The molecule has 4 heteroatoms. The molecule has 106 valence electrons. The van der Waals surface area contributed by atoms with Crippen LogP contribution in [-0.4, -0.2) is 61.5 Å². The number of nitrogens with zero attached hydrogens (tertiary/aromatic N) is 2. The van der Waals surface area contributed by atoms with Crippen LogP contribution in [0.3, 0.4) is 0 Å². The van der Waals surface area contributed by atoms with E-state index in [2.05, 4.69) is 17.3 Å². The molecule has 1 fully saturated rings. The number of nitrogens with one attached hydrogen (secondary N) is 1. The highest BCUT2D eigenvalue weighted by molar-refractivity contribution is 5.76. The minimum absolute atomic E-state index is 0.304. The summed E-state index contributed by atoms with van der Waals surface area (Å²) in [7, 11) is 2.19. The Hall–Kier alpha value is -0.610. The van der Waals surface area contributed by atoms with Crippen LogP contribution in [0.1, 0.15) is 39.5 Å². The van der Waals surface area contributed by atoms with Crippen molar-refractivity contribution in [1.29, 1.82) is 0 Å². The van der Waals surface area contributed by atoms with Crippen molar-refractivity contribution in [2.75, 3.05) is 39.8 Å². The van der Waals surface area contributed by atoms with Gasteiger partial charge in [-0.2, -0.15) is 0 Å². The van der Waals surface area contributed by atoms with Gasteiger partial charge in [0.1, 0.15) is 0 Å². The first kappa shape index (κ1) is 15.4. The Kier molecular flexibility index (Phi) is 7.28. The van der Waals surface area contributed by atoms with Crippen molar-refractivity contribution in [3.63, 3.8) is 0 Å². The summed E-state index contributed by atoms with van der Waals surface area (Å²) in [5.74, 6) is 0.304. The highest BCUT2D eigenvalue weighted by Gasteiger charge is 2.17. The van der Waals surface area contributed by atoms with Gasteiger partial charge in [0.2, 0.25) is 5.91 Å². The Balaban J connectivity index is 2.18. The molecule has 18 heavy (non-hydrogen) atoms. The van der Waals surface area contributed by atoms with E-state index in [0.29, 0.717) is 18.4 Å². The SMILES string of the molecule is CCN(CC)C(=O)CCCN(C)C1CCNCC1. The van der Waals surface area contributed by atoms with Crippen molar-refractivity contribution >= 4 is 5.91 Å². The average Bonchev–Trinajstić information content (AvgIpc) is 2.41. The highest BCUT2D eigenvalue weighted by Crippen LogP contribution is 2.10. The lowest BCUT2D eigenvalue weighted by Gasteiger charge is -2.31. The molecule has 1 aliphatic rings. The van der Waals surface area contributed by atoms with Crippen LogP contribution in [-0.2, 0) is 4.79 Å². The predicted octanol–water partition coefficient (Wildman–Crippen LogP) is 1.32. The molecule has 0 bridgehead atoms. The van der Waals surface area contributed by atoms with Crippen molar-refractivity contribution in [3.8, 4) is 0 Å². The average molecular weight is 255 g/mol. The second kappa shape index (κ2) is 8.48. The minimum atomic E-state index is 0.304. The molecule has 0 aromatic carbocycles. The lowest BCUT2D eigenvalue weighted by Crippen LogP contribution is -2.41. The molecule has 1 rings (SSSR count). The van der Waals surface area contributed by atoms with Crippen molar-refractivity contribution in [3.05, 3.63) is 0 Å². The van der Waals surface area contributed by atoms with Crippen molar-refractivity contribution in [2.45, 2.75) is 45.6 Å². The van der Waals surface area contributed by atoms with Gasteiger partial charge in [0.25, 0.3) is 0 Å². The lowest BCUT2D eigenvalue weighted by molar-refractivity contribution is -0.131. The zero-order chi connectivity index (χ0) is 13.4. The third-order valence-corrected chi connectivity index (χ3v) is 3.95. The van der Waals surface area contributed by atoms with Gasteiger partial charge in [-0.3, -0.25) is 4.79 Å². The number of carbonyl (C=O) groups is 1. The number of hydrogen-bond donors (Lipinski definition) is 1. The third kappa shape index (κ3) is 4.94. The second-order valence-electron chi connectivity index (χ2n) is 5.13. The monoisotopic (exact) mass is 255 g/mol. The summed E-state index contributed by atoms with van der Waals surface area (Å²) in [6.07, 6.45) is 4.15. The standard InChI is InChI=1S/C14H29N3O/c1-4-17(5-2)14(18)7-6-12-16(3)13-8-10-15-11-9-13/h13,15H,4-12H2,1-3H3. The van der Waals surface area contributed by atoms with Gasteiger partial charge in [-0.25, -0.2) is 0 Å². The summed E-state index contributed by atoms with van der Waals surface area (Å²) < 4.78 is 0. The van der Waals surface area contributed by atoms with Gasteiger partial charge in [0, 0.05) is 25.6 Å². The normalized spacial score (nSPS) is 17.1. The van der Waals surface area contributed by atoms with E-state index < -0.39 is 0 Å². The van der Waals surface area contributed by atoms with Crippen LogP contribution in [0.15, 0.2) is 0 Å². The summed E-state index contributed by atoms with van der Waals surface area (Å²) in [4.78, 5) is 16.2. The number of rotatable bonds is 7. The maximum Gasteiger partial charge on any atom is 0.222 e. The smallest absolute Gasteiger partial charge is 0.222 e. The zero-order valence-electron chi connectivity index (χ0n) is 12.2. The third-order valence-electron chi connectivity index (χ3n) is 3.95. The Morgan fingerprint density at radius 2 is 1.83 bits per heavy atom. The fraction of sp³-hybridized carbons (Fsp3) is 0.929. The summed E-state index contributed by atoms with van der Waals surface area (Å²) in [5.41, 5.74) is 0. The summed E-state index contributed by atoms with van der Waals surface area (Å²) >= 11 is 0. The molecule has 0 atom stereocenters. The van der Waals surface area contributed by atoms with Crippen LogP contribution in [0.2, 0.25) is 0 Å². The van der Waals surface area contributed by atoms with E-state index in [1.165, 1.54) is 12.8 Å². The fourth-order valence-electron chi connectivity index (χ4n) is 2.64. The molecule has 4 nitrogen and oxygen atoms in total. The van der Waals surface area contributed by atoms with E-state index in [1.54, 1.807) is 0 Å². The number of amides is 1. The second-order valence-corrected chi connectivity index (χ2v) is 5.13. The Morgan fingerprint density at radius 3 is 2.39 bits per heavy atom. The van der Waals surface area contributed by atoms with Gasteiger partial charge < -0.3 is 15.1 Å². The molecule has 0 spiro atoms. The van der Waals surface area contributed by atoms with E-state index in [9.17, 15) is 4.79 Å². The van der Waals surface area contributed by atoms with Crippen LogP contribution >= 0.6 is 0 Å². The Labute approximate surface area is 112 Å². The largest absolute Gasteiger partial charge is 0.343 e. The van der Waals surface area contributed by atoms with Crippen molar-refractivity contribution in [2.24, 2.45) is 0 Å². The number of hydrogen-bond acceptors (Lipinski definition) is 3. The first-order chi connectivity index (χ1) is 8.69. The molecule has 0 aromatic heterocycles. The molecular weight excluding hydrogens is 226 g/mol. The summed E-state index contributed by atoms with van der Waals surface area (Å²) in [6, 6.07) is 0.704. The van der Waals surface area contributed by atoms with Gasteiger partial charge in [-0.1, -0.05) is 0 Å². The maximum atomic E-state index is 11.9. The van der Waals surface area contributed by atoms with E-state index in [-0.39, 0.29) is 0 Å². The Bertz CT molecular complexity index is 235. The van der Waals surface area contributed by atoms with Crippen LogP contribution < -0.4 is 5.32 Å². The predicted molar refractivity (Wildman–Crippen MR) is 75.7 cm³/mol. The Morgan fingerprint density at radius 1 is 1.22 bits per heavy atom. The zero-order valence-corrected chi connectivity index (χ0v) is 12.2. The van der Waals surface area contributed by atoms with E-state index in [0.717, 1.165) is 39.1 Å². The highest BCUT2D eigenvalue weighted by atomic mass is 16.2. The van der Waals surface area contributed by atoms with Gasteiger partial charge >= 0.3 is 0 Å². The molecule has 1 N–H and O–H groups in total. The van der Waals surface area contributed by atoms with Gasteiger partial charge in [-0.15, -0.1) is 0 Å². The van der Waals surface area contributed by atoms with Crippen molar-refractivity contribution in [1.82, 2.24) is 15.1 Å². The van der Waals surface area contributed by atoms with Crippen LogP contribution in [0.5, 0.6) is 0 Å². The van der Waals surface area contributed by atoms with Crippen LogP contribution in [0.25, 0.3) is 0 Å². The first-order valence-corrected chi connectivity index (χ1v) is 7.37. The molecule has 0 aliphatic carbocycles. The molecule has 0 saturated carbocycles. The minimum Gasteiger partial charge on any atom is -0.343 e. The lowest BCUT2D eigenvalue weighted by atomic mass is 10.1. The molecule has 0 unspecified atom stereocenters. The van der Waals surface area contributed by atoms with E-state index in [1.807, 2.05) is 18.7 Å². The number of piperidine rings is 1. The summed E-state index contributed by atoms with van der Waals surface area (Å²) in [5, 5.41) is 3.39. The van der Waals surface area contributed by atoms with E-state index >= 15 is 0 Å². The molecule has 1 aliphatic heterocycles. The number of carbonyl (C=O) groups excluding carboxylic acids is 1. The van der Waals surface area contributed by atoms with Crippen LogP contribution in [0.4, 0.5) is 0 Å². The molecule has 1 saturated heterocycles. The summed E-state index contributed by atoms with van der Waals surface area (Å²) in [6.45, 7) is 9.06. The molecule has 1 amide bonds. The van der Waals surface area contributed by atoms with Crippen molar-refractivity contribution < 1.29 is 4.79 Å². The van der Waals surface area contributed by atoms with Gasteiger partial charge in [-0.05, 0) is 59.8 Å². The fourth-order valence-corrected chi connectivity index (χ4v) is 2.64. The first-order valence-electron chi connectivity index (χ1n) is 7.37. The maximum absolute atomic E-state index is 11.9.